The molecule has 1 fully saturated rings. The average molecular weight is 308 g/mol. The molecule has 0 saturated carbocycles. The molecular formula is C13H14BrN3O. The lowest BCUT2D eigenvalue weighted by molar-refractivity contribution is 0.345. The smallest absolute Gasteiger partial charge is 0.231 e. The number of hydrogen-bond acceptors (Lipinski definition) is 4. The molecule has 1 aromatic carbocycles. The molecule has 0 aliphatic carbocycles. The summed E-state index contributed by atoms with van der Waals surface area (Å²) >= 11 is 3.41. The summed E-state index contributed by atoms with van der Waals surface area (Å²) < 4.78 is 6.44. The molecule has 2 aromatic rings. The summed E-state index contributed by atoms with van der Waals surface area (Å²) in [5.41, 5.74) is 0.979. The normalized spacial score (nSPS) is 23.4. The number of nitrogens with one attached hydrogen (secondary N) is 1. The summed E-state index contributed by atoms with van der Waals surface area (Å²) in [5.74, 6) is 1.74. The van der Waals surface area contributed by atoms with Gasteiger partial charge in [0, 0.05) is 16.1 Å². The number of hydrogen-bond donors (Lipinski definition) is 1. The fourth-order valence-corrected chi connectivity index (χ4v) is 2.56. The lowest BCUT2D eigenvalue weighted by Crippen LogP contribution is -2.21. The quantitative estimate of drug-likeness (QED) is 0.926. The van der Waals surface area contributed by atoms with Crippen LogP contribution in [0.2, 0.25) is 0 Å². The summed E-state index contributed by atoms with van der Waals surface area (Å²) in [5, 5.41) is 7.46. The Morgan fingerprint density at radius 2 is 2.11 bits per heavy atom. The maximum absolute atomic E-state index is 5.39. The highest BCUT2D eigenvalue weighted by Gasteiger charge is 2.29. The van der Waals surface area contributed by atoms with Gasteiger partial charge in [-0.3, -0.25) is 0 Å². The van der Waals surface area contributed by atoms with E-state index < -0.39 is 0 Å². The molecule has 1 aliphatic heterocycles. The minimum atomic E-state index is 0.335. The molecule has 3 rings (SSSR count). The molecule has 94 valence electrons. The van der Waals surface area contributed by atoms with Crippen LogP contribution in [0.25, 0.3) is 11.4 Å². The summed E-state index contributed by atoms with van der Waals surface area (Å²) in [4.78, 5) is 4.51. The predicted molar refractivity (Wildman–Crippen MR) is 72.3 cm³/mol. The highest BCUT2D eigenvalue weighted by molar-refractivity contribution is 9.10. The summed E-state index contributed by atoms with van der Waals surface area (Å²) in [6, 6.07) is 8.32. The van der Waals surface area contributed by atoms with Crippen LogP contribution in [0.4, 0.5) is 0 Å². The summed E-state index contributed by atoms with van der Waals surface area (Å²) in [6.45, 7) is 3.17. The van der Waals surface area contributed by atoms with Crippen molar-refractivity contribution in [2.75, 3.05) is 6.54 Å². The third-order valence-electron chi connectivity index (χ3n) is 3.39. The number of halogens is 1. The molecule has 0 radical (unpaired) electrons. The molecular weight excluding hydrogens is 294 g/mol. The maximum atomic E-state index is 5.39. The van der Waals surface area contributed by atoms with E-state index in [4.69, 9.17) is 4.52 Å². The predicted octanol–water partition coefficient (Wildman–Crippen LogP) is 2.96. The zero-order valence-electron chi connectivity index (χ0n) is 10.1. The van der Waals surface area contributed by atoms with Crippen molar-refractivity contribution >= 4 is 15.9 Å². The Balaban J connectivity index is 1.87. The molecule has 2 heterocycles. The van der Waals surface area contributed by atoms with E-state index in [2.05, 4.69) is 38.3 Å². The summed E-state index contributed by atoms with van der Waals surface area (Å²) in [6.07, 6.45) is 1.06. The standard InChI is InChI=1S/C13H14BrN3O/c1-8-11(6-7-15-8)13-16-12(17-18-13)9-2-4-10(14)5-3-9/h2-5,8,11,15H,6-7H2,1H3. The highest BCUT2D eigenvalue weighted by Crippen LogP contribution is 2.28. The van der Waals surface area contributed by atoms with E-state index >= 15 is 0 Å². The van der Waals surface area contributed by atoms with Gasteiger partial charge in [0.1, 0.15) is 0 Å². The molecule has 0 spiro atoms. The number of benzene rings is 1. The van der Waals surface area contributed by atoms with Crippen LogP contribution in [0.1, 0.15) is 25.2 Å². The van der Waals surface area contributed by atoms with Crippen molar-refractivity contribution in [1.29, 1.82) is 0 Å². The molecule has 0 bridgehead atoms. The van der Waals surface area contributed by atoms with Gasteiger partial charge in [0.15, 0.2) is 0 Å². The Labute approximate surface area is 114 Å². The fraction of sp³-hybridized carbons (Fsp3) is 0.385. The van der Waals surface area contributed by atoms with Gasteiger partial charge < -0.3 is 9.84 Å². The maximum Gasteiger partial charge on any atom is 0.231 e. The van der Waals surface area contributed by atoms with Crippen LogP contribution in [0.5, 0.6) is 0 Å². The second kappa shape index (κ2) is 4.82. The Hall–Kier alpha value is -1.20. The van der Waals surface area contributed by atoms with Crippen molar-refractivity contribution < 1.29 is 4.52 Å². The fourth-order valence-electron chi connectivity index (χ4n) is 2.30. The van der Waals surface area contributed by atoms with Crippen LogP contribution in [0.15, 0.2) is 33.3 Å². The van der Waals surface area contributed by atoms with Crippen LogP contribution < -0.4 is 5.32 Å². The van der Waals surface area contributed by atoms with Gasteiger partial charge >= 0.3 is 0 Å². The SMILES string of the molecule is CC1NCCC1c1nc(-c2ccc(Br)cc2)no1. The first-order chi connectivity index (χ1) is 8.74. The van der Waals surface area contributed by atoms with E-state index in [9.17, 15) is 0 Å². The molecule has 1 saturated heterocycles. The van der Waals surface area contributed by atoms with Crippen molar-refractivity contribution in [1.82, 2.24) is 15.5 Å². The van der Waals surface area contributed by atoms with Crippen molar-refractivity contribution in [3.8, 4) is 11.4 Å². The van der Waals surface area contributed by atoms with Crippen molar-refractivity contribution in [3.05, 3.63) is 34.6 Å². The Kier molecular flexibility index (Phi) is 3.18. The zero-order chi connectivity index (χ0) is 12.5. The summed E-state index contributed by atoms with van der Waals surface area (Å²) in [7, 11) is 0. The minimum Gasteiger partial charge on any atom is -0.339 e. The lowest BCUT2D eigenvalue weighted by atomic mass is 10.0. The molecule has 2 unspecified atom stereocenters. The van der Waals surface area contributed by atoms with Crippen molar-refractivity contribution in [2.24, 2.45) is 0 Å². The van der Waals surface area contributed by atoms with Gasteiger partial charge in [-0.1, -0.05) is 21.1 Å². The van der Waals surface area contributed by atoms with Crippen LogP contribution in [-0.2, 0) is 0 Å². The third-order valence-corrected chi connectivity index (χ3v) is 3.92. The van der Waals surface area contributed by atoms with Crippen LogP contribution in [0.3, 0.4) is 0 Å². The Morgan fingerprint density at radius 1 is 1.33 bits per heavy atom. The van der Waals surface area contributed by atoms with Crippen LogP contribution >= 0.6 is 15.9 Å². The first kappa shape index (κ1) is 11.9. The molecule has 4 nitrogen and oxygen atoms in total. The van der Waals surface area contributed by atoms with Gasteiger partial charge in [0.25, 0.3) is 0 Å². The van der Waals surface area contributed by atoms with Gasteiger partial charge in [-0.15, -0.1) is 0 Å². The lowest BCUT2D eigenvalue weighted by Gasteiger charge is -2.08. The zero-order valence-corrected chi connectivity index (χ0v) is 11.6. The molecule has 1 aliphatic rings. The first-order valence-corrected chi connectivity index (χ1v) is 6.86. The Morgan fingerprint density at radius 3 is 2.78 bits per heavy atom. The van der Waals surface area contributed by atoms with E-state index in [-0.39, 0.29) is 0 Å². The minimum absolute atomic E-state index is 0.335. The first-order valence-electron chi connectivity index (χ1n) is 6.07. The van der Waals surface area contributed by atoms with E-state index in [0.717, 1.165) is 28.9 Å². The van der Waals surface area contributed by atoms with E-state index in [1.807, 2.05) is 24.3 Å². The van der Waals surface area contributed by atoms with Crippen LogP contribution in [-0.4, -0.2) is 22.7 Å². The van der Waals surface area contributed by atoms with Crippen molar-refractivity contribution in [3.63, 3.8) is 0 Å². The second-order valence-corrected chi connectivity index (χ2v) is 5.52. The molecule has 0 amide bonds. The van der Waals surface area contributed by atoms with Gasteiger partial charge in [-0.05, 0) is 44.2 Å². The molecule has 1 N–H and O–H groups in total. The number of aromatic nitrogens is 2. The van der Waals surface area contributed by atoms with Gasteiger partial charge in [-0.25, -0.2) is 0 Å². The molecule has 1 aromatic heterocycles. The second-order valence-electron chi connectivity index (χ2n) is 4.60. The van der Waals surface area contributed by atoms with Gasteiger partial charge in [0.05, 0.1) is 5.92 Å². The third kappa shape index (κ3) is 2.20. The topological polar surface area (TPSA) is 51.0 Å². The average Bonchev–Trinajstić information content (AvgIpc) is 2.98. The van der Waals surface area contributed by atoms with Gasteiger partial charge in [-0.2, -0.15) is 4.98 Å². The van der Waals surface area contributed by atoms with Crippen molar-refractivity contribution in [2.45, 2.75) is 25.3 Å². The van der Waals surface area contributed by atoms with E-state index in [1.54, 1.807) is 0 Å². The highest BCUT2D eigenvalue weighted by atomic mass is 79.9. The number of nitrogens with zero attached hydrogens (tertiary/aromatic N) is 2. The largest absolute Gasteiger partial charge is 0.339 e. The van der Waals surface area contributed by atoms with Crippen LogP contribution in [0, 0.1) is 0 Å². The molecule has 5 heteroatoms. The molecule has 18 heavy (non-hydrogen) atoms. The Bertz CT molecular complexity index is 537. The van der Waals surface area contributed by atoms with Gasteiger partial charge in [0.2, 0.25) is 11.7 Å². The monoisotopic (exact) mass is 307 g/mol. The van der Waals surface area contributed by atoms with E-state index in [1.165, 1.54) is 0 Å². The molecule has 2 atom stereocenters. The number of rotatable bonds is 2. The van der Waals surface area contributed by atoms with E-state index in [0.29, 0.717) is 17.8 Å².